The fourth-order valence-electron chi connectivity index (χ4n) is 5.18. The maximum atomic E-state index is 14.3. The van der Waals surface area contributed by atoms with Gasteiger partial charge in [-0.1, -0.05) is 152 Å². The quantitative estimate of drug-likeness (QED) is 0.200. The van der Waals surface area contributed by atoms with E-state index in [1.54, 1.807) is 0 Å². The van der Waals surface area contributed by atoms with Gasteiger partial charge in [-0.2, -0.15) is 0 Å². The Labute approximate surface area is 218 Å². The van der Waals surface area contributed by atoms with Crippen LogP contribution in [0.5, 0.6) is 0 Å². The molecule has 180 valence electrons. The maximum absolute atomic E-state index is 14.3. The highest BCUT2D eigenvalue weighted by molar-refractivity contribution is 6.05. The van der Waals surface area contributed by atoms with Crippen molar-refractivity contribution in [3.63, 3.8) is 0 Å². The molecule has 0 unspecified atom stereocenters. The van der Waals surface area contributed by atoms with Crippen molar-refractivity contribution in [2.45, 2.75) is 17.8 Å². The molecule has 0 amide bonds. The molecule has 0 bridgehead atoms. The van der Waals surface area contributed by atoms with E-state index in [1.807, 2.05) is 152 Å². The molecule has 0 aromatic heterocycles. The number of hydrogen-bond donors (Lipinski definition) is 0. The summed E-state index contributed by atoms with van der Waals surface area (Å²) in [6, 6.07) is 48.5. The second-order valence-corrected chi connectivity index (χ2v) is 9.17. The number of Topliss-reactive ketones (excluding diaryl/α,β-unsaturated/α-hetero) is 2. The van der Waals surface area contributed by atoms with Gasteiger partial charge in [0.2, 0.25) is 0 Å². The van der Waals surface area contributed by atoms with E-state index in [-0.39, 0.29) is 11.6 Å². The third-order valence-corrected chi connectivity index (χ3v) is 6.90. The van der Waals surface area contributed by atoms with Gasteiger partial charge >= 0.3 is 0 Å². The van der Waals surface area contributed by atoms with Gasteiger partial charge in [0, 0.05) is 17.0 Å². The third-order valence-electron chi connectivity index (χ3n) is 6.90. The minimum absolute atomic E-state index is 0.00226. The molecular weight excluding hydrogens is 452 g/mol. The summed E-state index contributed by atoms with van der Waals surface area (Å²) < 4.78 is 0. The van der Waals surface area contributed by atoms with E-state index in [1.165, 1.54) is 0 Å². The van der Waals surface area contributed by atoms with Gasteiger partial charge in [-0.15, -0.1) is 0 Å². The van der Waals surface area contributed by atoms with Crippen molar-refractivity contribution in [1.82, 2.24) is 0 Å². The number of benzene rings is 5. The van der Waals surface area contributed by atoms with Gasteiger partial charge in [0.1, 0.15) is 0 Å². The van der Waals surface area contributed by atoms with Crippen LogP contribution in [0.15, 0.2) is 152 Å². The summed E-state index contributed by atoms with van der Waals surface area (Å²) >= 11 is 0. The average Bonchev–Trinajstić information content (AvgIpc) is 2.99. The Bertz CT molecular complexity index is 1340. The number of carbonyl (C=O) groups is 2. The molecule has 0 radical (unpaired) electrons. The summed E-state index contributed by atoms with van der Waals surface area (Å²) in [4.78, 5) is 28.7. The van der Waals surface area contributed by atoms with Gasteiger partial charge in [-0.25, -0.2) is 0 Å². The molecule has 2 heteroatoms. The Morgan fingerprint density at radius 2 is 0.622 bits per heavy atom. The van der Waals surface area contributed by atoms with Crippen molar-refractivity contribution in [2.75, 3.05) is 0 Å². The fourth-order valence-corrected chi connectivity index (χ4v) is 5.18. The number of carbonyl (C=O) groups excluding carboxylic acids is 2. The molecule has 5 rings (SSSR count). The number of rotatable bonds is 9. The first-order chi connectivity index (χ1) is 18.2. The van der Waals surface area contributed by atoms with Crippen LogP contribution in [0.4, 0.5) is 0 Å². The molecule has 0 aliphatic rings. The normalized spacial score (nSPS) is 12.6. The van der Waals surface area contributed by atoms with Crippen molar-refractivity contribution in [3.05, 3.63) is 179 Å². The molecule has 0 saturated heterocycles. The van der Waals surface area contributed by atoms with Gasteiger partial charge in [0.05, 0.1) is 11.8 Å². The molecule has 0 N–H and O–H groups in total. The van der Waals surface area contributed by atoms with Crippen LogP contribution < -0.4 is 0 Å². The summed E-state index contributed by atoms with van der Waals surface area (Å²) in [5.41, 5.74) is 4.02. The lowest BCUT2D eigenvalue weighted by atomic mass is 9.67. The second kappa shape index (κ2) is 11.5. The van der Waals surface area contributed by atoms with Crippen molar-refractivity contribution in [2.24, 2.45) is 0 Å². The summed E-state index contributed by atoms with van der Waals surface area (Å²) in [6.07, 6.45) is 0. The van der Waals surface area contributed by atoms with Crippen LogP contribution in [0.25, 0.3) is 0 Å². The van der Waals surface area contributed by atoms with Crippen molar-refractivity contribution >= 4 is 11.6 Å². The minimum Gasteiger partial charge on any atom is -0.293 e. The van der Waals surface area contributed by atoms with Crippen LogP contribution in [-0.4, -0.2) is 11.6 Å². The van der Waals surface area contributed by atoms with Gasteiger partial charge in [-0.05, 0) is 16.7 Å². The van der Waals surface area contributed by atoms with E-state index in [0.717, 1.165) is 16.7 Å². The maximum Gasteiger partial charge on any atom is 0.170 e. The number of hydrogen-bond acceptors (Lipinski definition) is 2. The molecule has 2 atom stereocenters. The predicted octanol–water partition coefficient (Wildman–Crippen LogP) is 8.10. The Kier molecular flexibility index (Phi) is 7.47. The largest absolute Gasteiger partial charge is 0.293 e. The van der Waals surface area contributed by atoms with E-state index < -0.39 is 17.8 Å². The van der Waals surface area contributed by atoms with Gasteiger partial charge < -0.3 is 0 Å². The lowest BCUT2D eigenvalue weighted by Gasteiger charge is -2.34. The van der Waals surface area contributed by atoms with E-state index in [0.29, 0.717) is 11.1 Å². The molecule has 2 nitrogen and oxygen atoms in total. The summed E-state index contributed by atoms with van der Waals surface area (Å²) in [7, 11) is 0. The fraction of sp³-hybridized carbons (Fsp3) is 0.0857. The van der Waals surface area contributed by atoms with E-state index >= 15 is 0 Å². The van der Waals surface area contributed by atoms with E-state index in [2.05, 4.69) is 0 Å². The van der Waals surface area contributed by atoms with Crippen molar-refractivity contribution in [1.29, 1.82) is 0 Å². The van der Waals surface area contributed by atoms with Gasteiger partial charge in [0.25, 0.3) is 0 Å². The Morgan fingerprint density at radius 1 is 0.351 bits per heavy atom. The molecule has 0 aliphatic heterocycles. The van der Waals surface area contributed by atoms with Crippen LogP contribution in [0.2, 0.25) is 0 Å². The zero-order valence-corrected chi connectivity index (χ0v) is 20.5. The SMILES string of the molecule is O=C(c1ccccc1)[C@@H](c1ccccc1)C(c1ccccc1)[C@@H](C(=O)c1ccccc1)c1ccccc1. The topological polar surface area (TPSA) is 34.1 Å². The first-order valence-electron chi connectivity index (χ1n) is 12.6. The third kappa shape index (κ3) is 5.34. The molecule has 0 heterocycles. The summed E-state index contributed by atoms with van der Waals surface area (Å²) in [5.74, 6) is -1.55. The Morgan fingerprint density at radius 3 is 0.946 bits per heavy atom. The van der Waals surface area contributed by atoms with Crippen molar-refractivity contribution in [3.8, 4) is 0 Å². The minimum atomic E-state index is -0.566. The van der Waals surface area contributed by atoms with Crippen LogP contribution in [-0.2, 0) is 0 Å². The molecule has 0 aliphatic carbocycles. The standard InChI is InChI=1S/C35H28O2/c36-34(29-22-12-4-13-23-29)32(27-18-8-2-9-19-27)31(26-16-6-1-7-17-26)33(28-20-10-3-11-21-28)35(37)30-24-14-5-15-25-30/h1-25,31-33H/t32-,33-/m0/s1. The van der Waals surface area contributed by atoms with Crippen LogP contribution in [0.3, 0.4) is 0 Å². The molecule has 0 saturated carbocycles. The highest BCUT2D eigenvalue weighted by Gasteiger charge is 2.41. The molecule has 37 heavy (non-hydrogen) atoms. The smallest absolute Gasteiger partial charge is 0.170 e. The predicted molar refractivity (Wildman–Crippen MR) is 149 cm³/mol. The van der Waals surface area contributed by atoms with Gasteiger partial charge in [-0.3, -0.25) is 9.59 Å². The Hall–Kier alpha value is -4.56. The van der Waals surface area contributed by atoms with Crippen molar-refractivity contribution < 1.29 is 9.59 Å². The molecular formula is C35H28O2. The monoisotopic (exact) mass is 480 g/mol. The molecule has 5 aromatic carbocycles. The lowest BCUT2D eigenvalue weighted by Crippen LogP contribution is -2.30. The average molecular weight is 481 g/mol. The van der Waals surface area contributed by atoms with Crippen LogP contribution in [0, 0.1) is 0 Å². The zero-order valence-electron chi connectivity index (χ0n) is 20.5. The number of ketones is 2. The molecule has 0 fully saturated rings. The highest BCUT2D eigenvalue weighted by Crippen LogP contribution is 2.46. The Balaban J connectivity index is 1.76. The first kappa shape index (κ1) is 24.1. The van der Waals surface area contributed by atoms with Gasteiger partial charge in [0.15, 0.2) is 11.6 Å². The molecule has 0 spiro atoms. The summed E-state index contributed by atoms with van der Waals surface area (Å²) in [5, 5.41) is 0. The second-order valence-electron chi connectivity index (χ2n) is 9.17. The molecule has 5 aromatic rings. The lowest BCUT2D eigenvalue weighted by molar-refractivity contribution is 0.0899. The summed E-state index contributed by atoms with van der Waals surface area (Å²) in [6.45, 7) is 0. The van der Waals surface area contributed by atoms with E-state index in [9.17, 15) is 9.59 Å². The zero-order chi connectivity index (χ0) is 25.5. The van der Waals surface area contributed by atoms with Crippen LogP contribution in [0.1, 0.15) is 55.2 Å². The van der Waals surface area contributed by atoms with E-state index in [4.69, 9.17) is 0 Å². The van der Waals surface area contributed by atoms with Crippen LogP contribution >= 0.6 is 0 Å². The first-order valence-corrected chi connectivity index (χ1v) is 12.6. The highest BCUT2D eigenvalue weighted by atomic mass is 16.1.